The van der Waals surface area contributed by atoms with Crippen LogP contribution in [0.15, 0.2) is 30.3 Å². The van der Waals surface area contributed by atoms with Gasteiger partial charge in [0.05, 0.1) is 11.6 Å². The Morgan fingerprint density at radius 3 is 3.00 bits per heavy atom. The maximum Gasteiger partial charge on any atom is 0.0705 e. The van der Waals surface area contributed by atoms with E-state index in [1.807, 2.05) is 18.7 Å². The molecule has 0 saturated carbocycles. The number of hydrogen-bond donors (Lipinski definition) is 2. The molecule has 0 amide bonds. The quantitative estimate of drug-likeness (QED) is 0.667. The maximum absolute atomic E-state index is 5.77. The Bertz CT molecular complexity index is 579. The molecule has 0 spiro atoms. The van der Waals surface area contributed by atoms with E-state index >= 15 is 0 Å². The number of fused-ring (bicyclic) bond motifs is 1. The zero-order valence-corrected chi connectivity index (χ0v) is 11.9. The SMILES string of the molecule is Cc1ccc2cc(C(NN)C3CCCS3)ccc2n1. The van der Waals surface area contributed by atoms with Crippen molar-refractivity contribution >= 4 is 22.7 Å². The summed E-state index contributed by atoms with van der Waals surface area (Å²) in [5.41, 5.74) is 6.37. The van der Waals surface area contributed by atoms with Gasteiger partial charge in [0.2, 0.25) is 0 Å². The van der Waals surface area contributed by atoms with Crippen molar-refractivity contribution in [2.24, 2.45) is 5.84 Å². The fourth-order valence-corrected chi connectivity index (χ4v) is 4.12. The second-order valence-electron chi connectivity index (χ2n) is 5.10. The normalized spacial score (nSPS) is 20.8. The van der Waals surface area contributed by atoms with E-state index in [9.17, 15) is 0 Å². The zero-order chi connectivity index (χ0) is 13.2. The summed E-state index contributed by atoms with van der Waals surface area (Å²) >= 11 is 2.02. The minimum Gasteiger partial charge on any atom is -0.271 e. The fourth-order valence-electron chi connectivity index (χ4n) is 2.72. The minimum absolute atomic E-state index is 0.234. The number of nitrogens with zero attached hydrogens (tertiary/aromatic N) is 1. The van der Waals surface area contributed by atoms with Gasteiger partial charge in [-0.3, -0.25) is 16.3 Å². The van der Waals surface area contributed by atoms with Crippen molar-refractivity contribution in [3.8, 4) is 0 Å². The van der Waals surface area contributed by atoms with Crippen LogP contribution in [0, 0.1) is 6.92 Å². The highest BCUT2D eigenvalue weighted by Crippen LogP contribution is 2.36. The molecule has 3 rings (SSSR count). The second-order valence-corrected chi connectivity index (χ2v) is 6.45. The lowest BCUT2D eigenvalue weighted by atomic mass is 9.99. The predicted molar refractivity (Wildman–Crippen MR) is 82.0 cm³/mol. The maximum atomic E-state index is 5.77. The molecule has 0 bridgehead atoms. The van der Waals surface area contributed by atoms with Gasteiger partial charge >= 0.3 is 0 Å². The van der Waals surface area contributed by atoms with Gasteiger partial charge in [0.25, 0.3) is 0 Å². The van der Waals surface area contributed by atoms with Crippen LogP contribution in [0.25, 0.3) is 10.9 Å². The molecule has 1 aliphatic heterocycles. The Hall–Kier alpha value is -1.10. The summed E-state index contributed by atoms with van der Waals surface area (Å²) < 4.78 is 0. The van der Waals surface area contributed by atoms with Gasteiger partial charge in [0, 0.05) is 16.3 Å². The highest BCUT2D eigenvalue weighted by molar-refractivity contribution is 8.00. The minimum atomic E-state index is 0.234. The number of thioether (sulfide) groups is 1. The van der Waals surface area contributed by atoms with Crippen molar-refractivity contribution in [1.82, 2.24) is 10.4 Å². The molecule has 0 radical (unpaired) electrons. The van der Waals surface area contributed by atoms with E-state index in [-0.39, 0.29) is 6.04 Å². The number of nitrogens with two attached hydrogens (primary N) is 1. The molecule has 1 aliphatic rings. The van der Waals surface area contributed by atoms with Crippen molar-refractivity contribution in [1.29, 1.82) is 0 Å². The monoisotopic (exact) mass is 273 g/mol. The van der Waals surface area contributed by atoms with Crippen LogP contribution < -0.4 is 11.3 Å². The summed E-state index contributed by atoms with van der Waals surface area (Å²) in [6.45, 7) is 2.02. The Balaban J connectivity index is 1.96. The molecule has 1 fully saturated rings. The number of hydrogen-bond acceptors (Lipinski definition) is 4. The molecule has 1 saturated heterocycles. The van der Waals surface area contributed by atoms with Crippen LogP contribution in [0.3, 0.4) is 0 Å². The number of benzene rings is 1. The summed E-state index contributed by atoms with van der Waals surface area (Å²) in [5.74, 6) is 7.02. The number of aryl methyl sites for hydroxylation is 1. The number of rotatable bonds is 3. The second kappa shape index (κ2) is 5.49. The van der Waals surface area contributed by atoms with Gasteiger partial charge in [-0.25, -0.2) is 0 Å². The van der Waals surface area contributed by atoms with Gasteiger partial charge in [0.1, 0.15) is 0 Å². The predicted octanol–water partition coefficient (Wildman–Crippen LogP) is 2.94. The lowest BCUT2D eigenvalue weighted by Gasteiger charge is -2.22. The van der Waals surface area contributed by atoms with Crippen molar-refractivity contribution < 1.29 is 0 Å². The van der Waals surface area contributed by atoms with Crippen molar-refractivity contribution in [2.75, 3.05) is 5.75 Å². The van der Waals surface area contributed by atoms with Crippen molar-refractivity contribution in [3.63, 3.8) is 0 Å². The van der Waals surface area contributed by atoms with Gasteiger partial charge in [0.15, 0.2) is 0 Å². The molecule has 100 valence electrons. The van der Waals surface area contributed by atoms with E-state index in [2.05, 4.69) is 40.7 Å². The van der Waals surface area contributed by atoms with Gasteiger partial charge in [-0.1, -0.05) is 12.1 Å². The molecule has 3 N–H and O–H groups in total. The summed E-state index contributed by atoms with van der Waals surface area (Å²) in [6, 6.07) is 10.9. The standard InChI is InChI=1S/C15H19N3S/c1-10-4-5-11-9-12(6-7-13(11)17-10)15(18-16)14-3-2-8-19-14/h4-7,9,14-15,18H,2-3,8,16H2,1H3. The van der Waals surface area contributed by atoms with Crippen LogP contribution in [-0.2, 0) is 0 Å². The molecule has 2 aromatic rings. The number of hydrazine groups is 1. The zero-order valence-electron chi connectivity index (χ0n) is 11.1. The van der Waals surface area contributed by atoms with Crippen LogP contribution >= 0.6 is 11.8 Å². The molecule has 0 aliphatic carbocycles. The third-order valence-corrected chi connectivity index (χ3v) is 5.19. The lowest BCUT2D eigenvalue weighted by molar-refractivity contribution is 0.521. The molecule has 2 atom stereocenters. The Labute approximate surface area is 117 Å². The smallest absolute Gasteiger partial charge is 0.0705 e. The molecule has 1 aromatic heterocycles. The average molecular weight is 273 g/mol. The fraction of sp³-hybridized carbons (Fsp3) is 0.400. The molecular weight excluding hydrogens is 254 g/mol. The molecule has 2 heterocycles. The number of nitrogens with one attached hydrogen (secondary N) is 1. The molecule has 2 unspecified atom stereocenters. The highest BCUT2D eigenvalue weighted by Gasteiger charge is 2.26. The lowest BCUT2D eigenvalue weighted by Crippen LogP contribution is -2.34. The Morgan fingerprint density at radius 1 is 1.37 bits per heavy atom. The molecular formula is C15H19N3S. The third-order valence-electron chi connectivity index (χ3n) is 3.73. The van der Waals surface area contributed by atoms with E-state index in [1.54, 1.807) is 0 Å². The van der Waals surface area contributed by atoms with Crippen molar-refractivity contribution in [2.45, 2.75) is 31.1 Å². The number of aromatic nitrogens is 1. The Morgan fingerprint density at radius 2 is 2.26 bits per heavy atom. The molecule has 4 heteroatoms. The summed E-state index contributed by atoms with van der Waals surface area (Å²) in [6.07, 6.45) is 2.53. The first-order valence-electron chi connectivity index (χ1n) is 6.73. The summed E-state index contributed by atoms with van der Waals surface area (Å²) in [7, 11) is 0. The summed E-state index contributed by atoms with van der Waals surface area (Å²) in [4.78, 5) is 4.54. The molecule has 1 aromatic carbocycles. The van der Waals surface area contributed by atoms with E-state index < -0.39 is 0 Å². The van der Waals surface area contributed by atoms with E-state index in [4.69, 9.17) is 5.84 Å². The van der Waals surface area contributed by atoms with E-state index in [0.717, 1.165) is 11.2 Å². The van der Waals surface area contributed by atoms with Crippen LogP contribution in [0.1, 0.15) is 30.1 Å². The topological polar surface area (TPSA) is 50.9 Å². The summed E-state index contributed by atoms with van der Waals surface area (Å²) in [5, 5.41) is 1.77. The van der Waals surface area contributed by atoms with Crippen molar-refractivity contribution in [3.05, 3.63) is 41.6 Å². The van der Waals surface area contributed by atoms with Crippen LogP contribution in [0.4, 0.5) is 0 Å². The van der Waals surface area contributed by atoms with E-state index in [0.29, 0.717) is 5.25 Å². The van der Waals surface area contributed by atoms with Gasteiger partial charge in [-0.2, -0.15) is 11.8 Å². The van der Waals surface area contributed by atoms with Crippen LogP contribution in [-0.4, -0.2) is 16.0 Å². The van der Waals surface area contributed by atoms with Gasteiger partial charge in [-0.05, 0) is 49.3 Å². The largest absolute Gasteiger partial charge is 0.271 e. The third kappa shape index (κ3) is 2.61. The van der Waals surface area contributed by atoms with Gasteiger partial charge in [-0.15, -0.1) is 0 Å². The van der Waals surface area contributed by atoms with E-state index in [1.165, 1.54) is 29.5 Å². The first-order valence-corrected chi connectivity index (χ1v) is 7.78. The van der Waals surface area contributed by atoms with Crippen LogP contribution in [0.5, 0.6) is 0 Å². The molecule has 3 nitrogen and oxygen atoms in total. The van der Waals surface area contributed by atoms with Gasteiger partial charge < -0.3 is 0 Å². The highest BCUT2D eigenvalue weighted by atomic mass is 32.2. The molecule has 19 heavy (non-hydrogen) atoms. The number of pyridine rings is 1. The average Bonchev–Trinajstić information content (AvgIpc) is 2.93. The van der Waals surface area contributed by atoms with Crippen LogP contribution in [0.2, 0.25) is 0 Å². The Kier molecular flexibility index (Phi) is 3.73. The first kappa shape index (κ1) is 12.9. The first-order chi connectivity index (χ1) is 9.28.